The fourth-order valence-electron chi connectivity index (χ4n) is 5.36. The molecule has 0 bridgehead atoms. The highest BCUT2D eigenvalue weighted by Gasteiger charge is 2.44. The molecule has 2 aromatic rings. The number of rotatable bonds is 6. The van der Waals surface area contributed by atoms with Crippen LogP contribution in [0.1, 0.15) is 43.0 Å². The Balaban J connectivity index is 1.28. The van der Waals surface area contributed by atoms with Gasteiger partial charge in [0.25, 0.3) is 0 Å². The highest BCUT2D eigenvalue weighted by Crippen LogP contribution is 2.45. The lowest BCUT2D eigenvalue weighted by Crippen LogP contribution is -2.52. The molecule has 1 aromatic carbocycles. The average Bonchev–Trinajstić information content (AvgIpc) is 3.56. The molecule has 0 saturated carbocycles. The lowest BCUT2D eigenvalue weighted by Gasteiger charge is -2.43. The molecule has 0 radical (unpaired) electrons. The van der Waals surface area contributed by atoms with E-state index < -0.39 is 5.60 Å². The first-order valence-electron chi connectivity index (χ1n) is 11.5. The van der Waals surface area contributed by atoms with Gasteiger partial charge in [-0.25, -0.2) is 9.37 Å². The second-order valence-electron chi connectivity index (χ2n) is 9.22. The molecule has 3 aliphatic rings. The number of ether oxygens (including phenoxy) is 2. The number of fused-ring (bicyclic) bond motifs is 2. The van der Waals surface area contributed by atoms with Crippen LogP contribution in [-0.2, 0) is 32.9 Å². The summed E-state index contributed by atoms with van der Waals surface area (Å²) in [5, 5.41) is 5.22. The smallest absolute Gasteiger partial charge is 0.225 e. The molecule has 1 N–H and O–H groups in total. The first kappa shape index (κ1) is 21.9. The highest BCUT2D eigenvalue weighted by molar-refractivity contribution is 7.07. The van der Waals surface area contributed by atoms with Crippen molar-refractivity contribution < 1.29 is 18.7 Å². The largest absolute Gasteiger partial charge is 0.379 e. The molecule has 1 aromatic heterocycles. The summed E-state index contributed by atoms with van der Waals surface area (Å²) < 4.78 is 25.6. The van der Waals surface area contributed by atoms with Gasteiger partial charge in [-0.1, -0.05) is 6.07 Å². The number of nitrogens with zero attached hydrogens (tertiary/aromatic N) is 2. The van der Waals surface area contributed by atoms with Gasteiger partial charge in [-0.15, -0.1) is 11.3 Å². The number of likely N-dealkylation sites (tertiary alicyclic amines) is 1. The van der Waals surface area contributed by atoms with Crippen molar-refractivity contribution in [3.63, 3.8) is 0 Å². The standard InChI is InChI=1S/C24H30FN3O3S/c1-16(21(11-20-14-32-15-26-20)23(29)27-19-4-9-30-13-19)28-7-5-24(6-8-28)22-10-18(25)3-2-17(22)12-31-24/h2-3,10,14-16,19,21H,4-9,11-13H2,1H3,(H,27,29). The van der Waals surface area contributed by atoms with E-state index in [0.717, 1.165) is 49.2 Å². The molecule has 3 aliphatic heterocycles. The second kappa shape index (κ2) is 9.17. The summed E-state index contributed by atoms with van der Waals surface area (Å²) in [5.41, 5.74) is 4.47. The van der Waals surface area contributed by atoms with E-state index in [1.807, 2.05) is 17.0 Å². The SMILES string of the molecule is CC(C(Cc1cscn1)C(=O)NC1CCOC1)N1CCC2(CC1)OCc1ccc(F)cc12. The van der Waals surface area contributed by atoms with Gasteiger partial charge in [0.1, 0.15) is 5.82 Å². The first-order chi connectivity index (χ1) is 15.5. The van der Waals surface area contributed by atoms with Crippen molar-refractivity contribution >= 4 is 17.2 Å². The Hall–Kier alpha value is -1.87. The number of nitrogens with one attached hydrogen (secondary N) is 1. The van der Waals surface area contributed by atoms with Crippen LogP contribution in [0.2, 0.25) is 0 Å². The molecule has 3 atom stereocenters. The van der Waals surface area contributed by atoms with Crippen LogP contribution in [0.5, 0.6) is 0 Å². The number of piperidine rings is 1. The number of aromatic nitrogens is 1. The second-order valence-corrected chi connectivity index (χ2v) is 9.94. The van der Waals surface area contributed by atoms with E-state index in [1.54, 1.807) is 17.4 Å². The van der Waals surface area contributed by atoms with Crippen LogP contribution in [0, 0.1) is 11.7 Å². The first-order valence-corrected chi connectivity index (χ1v) is 12.4. The minimum Gasteiger partial charge on any atom is -0.379 e. The van der Waals surface area contributed by atoms with Crippen LogP contribution in [-0.4, -0.2) is 54.2 Å². The number of carbonyl (C=O) groups excluding carboxylic acids is 1. The third-order valence-electron chi connectivity index (χ3n) is 7.36. The van der Waals surface area contributed by atoms with Crippen LogP contribution >= 0.6 is 11.3 Å². The molecular formula is C24H30FN3O3S. The zero-order valence-electron chi connectivity index (χ0n) is 18.4. The molecule has 4 heterocycles. The van der Waals surface area contributed by atoms with E-state index in [-0.39, 0.29) is 29.7 Å². The fraction of sp³-hybridized carbons (Fsp3) is 0.583. The van der Waals surface area contributed by atoms with E-state index in [0.29, 0.717) is 26.2 Å². The van der Waals surface area contributed by atoms with E-state index in [4.69, 9.17) is 9.47 Å². The van der Waals surface area contributed by atoms with Crippen molar-refractivity contribution in [2.75, 3.05) is 26.3 Å². The molecule has 1 amide bonds. The third kappa shape index (κ3) is 4.33. The average molecular weight is 460 g/mol. The Morgan fingerprint density at radius 2 is 2.25 bits per heavy atom. The number of benzene rings is 1. The summed E-state index contributed by atoms with van der Waals surface area (Å²) in [6.45, 7) is 5.60. The van der Waals surface area contributed by atoms with Crippen LogP contribution in [0.4, 0.5) is 4.39 Å². The number of amides is 1. The maximum atomic E-state index is 13.9. The van der Waals surface area contributed by atoms with Crippen molar-refractivity contribution in [2.24, 2.45) is 5.92 Å². The maximum absolute atomic E-state index is 13.9. The minimum atomic E-state index is -0.401. The topological polar surface area (TPSA) is 63.7 Å². The zero-order valence-corrected chi connectivity index (χ0v) is 19.2. The molecule has 0 aliphatic carbocycles. The summed E-state index contributed by atoms with van der Waals surface area (Å²) in [4.78, 5) is 20.1. The molecule has 2 fully saturated rings. The Labute approximate surface area is 192 Å². The highest BCUT2D eigenvalue weighted by atomic mass is 32.1. The molecule has 8 heteroatoms. The molecule has 2 saturated heterocycles. The third-order valence-corrected chi connectivity index (χ3v) is 7.99. The molecule has 172 valence electrons. The number of halogens is 1. The Kier molecular flexibility index (Phi) is 6.29. The van der Waals surface area contributed by atoms with E-state index in [9.17, 15) is 9.18 Å². The van der Waals surface area contributed by atoms with Crippen LogP contribution in [0.3, 0.4) is 0 Å². The normalized spacial score (nSPS) is 24.4. The fourth-order valence-corrected chi connectivity index (χ4v) is 5.93. The van der Waals surface area contributed by atoms with Crippen molar-refractivity contribution in [1.82, 2.24) is 15.2 Å². The van der Waals surface area contributed by atoms with Gasteiger partial charge in [0.05, 0.1) is 42.0 Å². The van der Waals surface area contributed by atoms with Crippen LogP contribution < -0.4 is 5.32 Å². The van der Waals surface area contributed by atoms with Gasteiger partial charge in [-0.05, 0) is 49.4 Å². The van der Waals surface area contributed by atoms with E-state index >= 15 is 0 Å². The van der Waals surface area contributed by atoms with Crippen molar-refractivity contribution in [3.8, 4) is 0 Å². The number of thiazole rings is 1. The predicted molar refractivity (Wildman–Crippen MR) is 120 cm³/mol. The Morgan fingerprint density at radius 3 is 2.97 bits per heavy atom. The van der Waals surface area contributed by atoms with Crippen molar-refractivity contribution in [1.29, 1.82) is 0 Å². The van der Waals surface area contributed by atoms with Gasteiger partial charge >= 0.3 is 0 Å². The Bertz CT molecular complexity index is 940. The number of hydrogen-bond donors (Lipinski definition) is 1. The minimum absolute atomic E-state index is 0.0600. The quantitative estimate of drug-likeness (QED) is 0.719. The molecular weight excluding hydrogens is 429 g/mol. The van der Waals surface area contributed by atoms with Gasteiger partial charge in [0.2, 0.25) is 5.91 Å². The van der Waals surface area contributed by atoms with Crippen LogP contribution in [0.15, 0.2) is 29.1 Å². The summed E-state index contributed by atoms with van der Waals surface area (Å²) >= 11 is 1.56. The summed E-state index contributed by atoms with van der Waals surface area (Å²) in [6.07, 6.45) is 3.09. The van der Waals surface area contributed by atoms with Gasteiger partial charge in [-0.2, -0.15) is 0 Å². The molecule has 5 rings (SSSR count). The molecule has 32 heavy (non-hydrogen) atoms. The summed E-state index contributed by atoms with van der Waals surface area (Å²) in [7, 11) is 0. The van der Waals surface area contributed by atoms with Crippen LogP contribution in [0.25, 0.3) is 0 Å². The van der Waals surface area contributed by atoms with E-state index in [1.165, 1.54) is 6.07 Å². The van der Waals surface area contributed by atoms with Gasteiger partial charge < -0.3 is 14.8 Å². The maximum Gasteiger partial charge on any atom is 0.225 e. The summed E-state index contributed by atoms with van der Waals surface area (Å²) in [5.74, 6) is -0.327. The Morgan fingerprint density at radius 1 is 1.41 bits per heavy atom. The van der Waals surface area contributed by atoms with Gasteiger partial charge in [-0.3, -0.25) is 9.69 Å². The zero-order chi connectivity index (χ0) is 22.1. The number of hydrogen-bond acceptors (Lipinski definition) is 6. The number of carbonyl (C=O) groups is 1. The molecule has 6 nitrogen and oxygen atoms in total. The molecule has 3 unspecified atom stereocenters. The predicted octanol–water partition coefficient (Wildman–Crippen LogP) is 3.26. The molecule has 1 spiro atoms. The lowest BCUT2D eigenvalue weighted by molar-refractivity contribution is -0.129. The van der Waals surface area contributed by atoms with Crippen molar-refractivity contribution in [3.05, 3.63) is 51.7 Å². The summed E-state index contributed by atoms with van der Waals surface area (Å²) in [6, 6.07) is 5.15. The van der Waals surface area contributed by atoms with Gasteiger partial charge in [0, 0.05) is 37.5 Å². The lowest BCUT2D eigenvalue weighted by atomic mass is 9.82. The van der Waals surface area contributed by atoms with E-state index in [2.05, 4.69) is 22.1 Å². The van der Waals surface area contributed by atoms with Crippen molar-refractivity contribution in [2.45, 2.75) is 56.9 Å². The van der Waals surface area contributed by atoms with Gasteiger partial charge in [0.15, 0.2) is 0 Å². The monoisotopic (exact) mass is 459 g/mol.